The van der Waals surface area contributed by atoms with Gasteiger partial charge in [-0.1, -0.05) is 26.2 Å². The Morgan fingerprint density at radius 1 is 1.42 bits per heavy atom. The molecule has 2 N–H and O–H groups in total. The molecule has 0 aromatic rings. The van der Waals surface area contributed by atoms with E-state index in [1.54, 1.807) is 6.92 Å². The van der Waals surface area contributed by atoms with Crippen LogP contribution in [0.3, 0.4) is 0 Å². The number of hydrogen-bond acceptors (Lipinski definition) is 2. The molecule has 1 atom stereocenters. The maximum absolute atomic E-state index is 10.3. The summed E-state index contributed by atoms with van der Waals surface area (Å²) in [6.07, 6.45) is 3.46. The van der Waals surface area contributed by atoms with Crippen molar-refractivity contribution in [1.29, 1.82) is 0 Å². The first kappa shape index (κ1) is 11.4. The highest BCUT2D eigenvalue weighted by molar-refractivity contribution is 5.67. The minimum Gasteiger partial charge on any atom is -0.481 e. The molecule has 0 rings (SSSR count). The second kappa shape index (κ2) is 5.14. The number of aliphatic hydroxyl groups is 1. The first-order chi connectivity index (χ1) is 5.48. The van der Waals surface area contributed by atoms with Crippen molar-refractivity contribution < 1.29 is 15.0 Å². The summed E-state index contributed by atoms with van der Waals surface area (Å²) in [5.74, 6) is -0.934. The third-order valence-corrected chi connectivity index (χ3v) is 1.85. The van der Waals surface area contributed by atoms with Gasteiger partial charge in [-0.25, -0.2) is 0 Å². The van der Waals surface area contributed by atoms with Crippen molar-refractivity contribution in [3.05, 3.63) is 0 Å². The van der Waals surface area contributed by atoms with Crippen LogP contribution < -0.4 is 0 Å². The molecule has 1 unspecified atom stereocenters. The highest BCUT2D eigenvalue weighted by Gasteiger charge is 2.22. The van der Waals surface area contributed by atoms with Crippen molar-refractivity contribution in [2.75, 3.05) is 0 Å². The lowest BCUT2D eigenvalue weighted by atomic mass is 9.95. The van der Waals surface area contributed by atoms with E-state index in [1.165, 1.54) is 0 Å². The van der Waals surface area contributed by atoms with Gasteiger partial charge in [0.25, 0.3) is 0 Å². The lowest BCUT2D eigenvalue weighted by Crippen LogP contribution is -2.27. The average molecular weight is 174 g/mol. The van der Waals surface area contributed by atoms with Crippen molar-refractivity contribution in [3.8, 4) is 0 Å². The molecule has 0 radical (unpaired) electrons. The van der Waals surface area contributed by atoms with Crippen LogP contribution in [0.2, 0.25) is 0 Å². The molecule has 0 saturated carbocycles. The van der Waals surface area contributed by atoms with E-state index in [2.05, 4.69) is 6.92 Å². The van der Waals surface area contributed by atoms with Crippen molar-refractivity contribution in [2.45, 2.75) is 51.6 Å². The molecule has 3 heteroatoms. The smallest absolute Gasteiger partial charge is 0.306 e. The van der Waals surface area contributed by atoms with E-state index in [0.29, 0.717) is 6.42 Å². The molecule has 0 aromatic heterocycles. The predicted molar refractivity (Wildman–Crippen MR) is 47.0 cm³/mol. The first-order valence-electron chi connectivity index (χ1n) is 4.42. The summed E-state index contributed by atoms with van der Waals surface area (Å²) in [6, 6.07) is 0. The predicted octanol–water partition coefficient (Wildman–Crippen LogP) is 1.79. The maximum atomic E-state index is 10.3. The van der Waals surface area contributed by atoms with Crippen LogP contribution in [0.15, 0.2) is 0 Å². The van der Waals surface area contributed by atoms with Crippen LogP contribution in [0, 0.1) is 0 Å². The van der Waals surface area contributed by atoms with Gasteiger partial charge in [0.2, 0.25) is 0 Å². The topological polar surface area (TPSA) is 57.5 Å². The van der Waals surface area contributed by atoms with Gasteiger partial charge in [0.15, 0.2) is 0 Å². The third-order valence-electron chi connectivity index (χ3n) is 1.85. The lowest BCUT2D eigenvalue weighted by Gasteiger charge is -2.20. The molecule has 3 nitrogen and oxygen atoms in total. The SMILES string of the molecule is CCCCCC(C)(O)CC(=O)O. The van der Waals surface area contributed by atoms with E-state index in [4.69, 9.17) is 5.11 Å². The molecule has 0 heterocycles. The number of carboxylic acids is 1. The minimum atomic E-state index is -1.03. The summed E-state index contributed by atoms with van der Waals surface area (Å²) >= 11 is 0. The molecule has 0 saturated heterocycles. The van der Waals surface area contributed by atoms with Crippen LogP contribution in [0.5, 0.6) is 0 Å². The molecule has 0 aliphatic heterocycles. The number of hydrogen-bond donors (Lipinski definition) is 2. The van der Waals surface area contributed by atoms with Crippen LogP contribution in [0.4, 0.5) is 0 Å². The maximum Gasteiger partial charge on any atom is 0.306 e. The van der Waals surface area contributed by atoms with E-state index in [-0.39, 0.29) is 6.42 Å². The molecule has 0 spiro atoms. The van der Waals surface area contributed by atoms with Gasteiger partial charge in [0.05, 0.1) is 12.0 Å². The van der Waals surface area contributed by atoms with E-state index < -0.39 is 11.6 Å². The molecule has 0 aliphatic rings. The van der Waals surface area contributed by atoms with E-state index in [0.717, 1.165) is 19.3 Å². The average Bonchev–Trinajstić information content (AvgIpc) is 1.84. The number of rotatable bonds is 6. The Bertz CT molecular complexity index is 141. The zero-order chi connectivity index (χ0) is 9.61. The standard InChI is InChI=1S/C9H18O3/c1-3-4-5-6-9(2,12)7-8(10)11/h12H,3-7H2,1-2H3,(H,10,11). The van der Waals surface area contributed by atoms with E-state index in [9.17, 15) is 9.90 Å². The fraction of sp³-hybridized carbons (Fsp3) is 0.889. The molecule has 12 heavy (non-hydrogen) atoms. The Morgan fingerprint density at radius 2 is 2.00 bits per heavy atom. The monoisotopic (exact) mass is 174 g/mol. The Balaban J connectivity index is 3.63. The molecule has 0 fully saturated rings. The summed E-state index contributed by atoms with van der Waals surface area (Å²) < 4.78 is 0. The van der Waals surface area contributed by atoms with Gasteiger partial charge in [-0.2, -0.15) is 0 Å². The summed E-state index contributed by atoms with van der Waals surface area (Å²) in [5.41, 5.74) is -1.03. The summed E-state index contributed by atoms with van der Waals surface area (Å²) in [4.78, 5) is 10.3. The zero-order valence-electron chi connectivity index (χ0n) is 7.84. The number of carbonyl (C=O) groups is 1. The Hall–Kier alpha value is -0.570. The van der Waals surface area contributed by atoms with Crippen LogP contribution in [0.1, 0.15) is 46.0 Å². The molecule has 72 valence electrons. The van der Waals surface area contributed by atoms with Crippen LogP contribution in [0.25, 0.3) is 0 Å². The van der Waals surface area contributed by atoms with Crippen LogP contribution in [-0.2, 0) is 4.79 Å². The van der Waals surface area contributed by atoms with E-state index in [1.807, 2.05) is 0 Å². The van der Waals surface area contributed by atoms with E-state index >= 15 is 0 Å². The number of aliphatic carboxylic acids is 1. The Labute approximate surface area is 73.4 Å². The van der Waals surface area contributed by atoms with Gasteiger partial charge in [-0.3, -0.25) is 4.79 Å². The molecule has 0 aliphatic carbocycles. The summed E-state index contributed by atoms with van der Waals surface area (Å²) in [7, 11) is 0. The van der Waals surface area contributed by atoms with Gasteiger partial charge in [-0.05, 0) is 13.3 Å². The second-order valence-electron chi connectivity index (χ2n) is 3.52. The van der Waals surface area contributed by atoms with Crippen molar-refractivity contribution in [2.24, 2.45) is 0 Å². The highest BCUT2D eigenvalue weighted by atomic mass is 16.4. The zero-order valence-corrected chi connectivity index (χ0v) is 7.84. The van der Waals surface area contributed by atoms with Gasteiger partial charge >= 0.3 is 5.97 Å². The minimum absolute atomic E-state index is 0.156. The van der Waals surface area contributed by atoms with Crippen molar-refractivity contribution in [1.82, 2.24) is 0 Å². The summed E-state index contributed by atoms with van der Waals surface area (Å²) in [6.45, 7) is 3.66. The third kappa shape index (κ3) is 6.16. The Morgan fingerprint density at radius 3 is 2.42 bits per heavy atom. The number of carboxylic acid groups (broad SMARTS) is 1. The van der Waals surface area contributed by atoms with Crippen molar-refractivity contribution >= 4 is 5.97 Å². The van der Waals surface area contributed by atoms with Gasteiger partial charge in [0, 0.05) is 0 Å². The lowest BCUT2D eigenvalue weighted by molar-refractivity contribution is -0.142. The van der Waals surface area contributed by atoms with Crippen LogP contribution >= 0.6 is 0 Å². The molecule has 0 amide bonds. The number of unbranched alkanes of at least 4 members (excludes halogenated alkanes) is 2. The highest BCUT2D eigenvalue weighted by Crippen LogP contribution is 2.18. The Kier molecular flexibility index (Phi) is 4.90. The summed E-state index contributed by atoms with van der Waals surface area (Å²) in [5, 5.41) is 18.0. The molecule has 0 bridgehead atoms. The molecular formula is C9H18O3. The largest absolute Gasteiger partial charge is 0.481 e. The normalized spacial score (nSPS) is 15.6. The first-order valence-corrected chi connectivity index (χ1v) is 4.42. The van der Waals surface area contributed by atoms with Crippen molar-refractivity contribution in [3.63, 3.8) is 0 Å². The molecule has 0 aromatic carbocycles. The quantitative estimate of drug-likeness (QED) is 0.603. The second-order valence-corrected chi connectivity index (χ2v) is 3.52. The van der Waals surface area contributed by atoms with Crippen LogP contribution in [-0.4, -0.2) is 21.8 Å². The fourth-order valence-corrected chi connectivity index (χ4v) is 1.17. The fourth-order valence-electron chi connectivity index (χ4n) is 1.17. The van der Waals surface area contributed by atoms with Gasteiger partial charge in [0.1, 0.15) is 0 Å². The molecular weight excluding hydrogens is 156 g/mol. The van der Waals surface area contributed by atoms with Gasteiger partial charge < -0.3 is 10.2 Å². The van der Waals surface area contributed by atoms with Gasteiger partial charge in [-0.15, -0.1) is 0 Å².